The van der Waals surface area contributed by atoms with Gasteiger partial charge in [-0.2, -0.15) is 0 Å². The Kier molecular flexibility index (Phi) is 7.37. The van der Waals surface area contributed by atoms with Gasteiger partial charge < -0.3 is 19.1 Å². The van der Waals surface area contributed by atoms with Crippen LogP contribution in [0.25, 0.3) is 10.9 Å². The van der Waals surface area contributed by atoms with Gasteiger partial charge in [-0.1, -0.05) is 48.5 Å². The number of aryl methyl sites for hydroxylation is 1. The van der Waals surface area contributed by atoms with Gasteiger partial charge in [0.25, 0.3) is 0 Å². The molecule has 1 heterocycles. The van der Waals surface area contributed by atoms with Gasteiger partial charge in [-0.25, -0.2) is 4.79 Å². The second kappa shape index (κ2) is 10.2. The SMILES string of the molecule is CC(C)(C)OC(=O)Cn1c(NC(=O)OCc2ccccc2)c(CCC(=O)O)c2ccccc21. The summed E-state index contributed by atoms with van der Waals surface area (Å²) in [5.41, 5.74) is 1.46. The Morgan fingerprint density at radius 3 is 2.33 bits per heavy atom. The molecule has 3 aromatic rings. The fraction of sp³-hybridized carbons (Fsp3) is 0.320. The monoisotopic (exact) mass is 452 g/mol. The van der Waals surface area contributed by atoms with Crippen LogP contribution in [0.15, 0.2) is 54.6 Å². The van der Waals surface area contributed by atoms with E-state index in [0.29, 0.717) is 16.9 Å². The molecule has 0 spiro atoms. The number of esters is 1. The number of carboxylic acid groups (broad SMARTS) is 1. The molecule has 2 N–H and O–H groups in total. The number of hydrogen-bond acceptors (Lipinski definition) is 5. The van der Waals surface area contributed by atoms with E-state index in [-0.39, 0.29) is 26.0 Å². The van der Waals surface area contributed by atoms with Gasteiger partial charge in [0, 0.05) is 17.4 Å². The average Bonchev–Trinajstić information content (AvgIpc) is 3.02. The number of hydrogen-bond donors (Lipinski definition) is 2. The molecule has 0 bridgehead atoms. The lowest BCUT2D eigenvalue weighted by molar-refractivity contribution is -0.155. The molecule has 0 aliphatic carbocycles. The second-order valence-electron chi connectivity index (χ2n) is 8.60. The lowest BCUT2D eigenvalue weighted by atomic mass is 10.1. The maximum atomic E-state index is 12.6. The van der Waals surface area contributed by atoms with E-state index in [2.05, 4.69) is 5.32 Å². The number of carboxylic acids is 1. The Balaban J connectivity index is 1.94. The van der Waals surface area contributed by atoms with Crippen molar-refractivity contribution in [3.05, 3.63) is 65.7 Å². The number of rotatable bonds is 8. The molecule has 0 aliphatic rings. The van der Waals surface area contributed by atoms with Crippen molar-refractivity contribution in [3.63, 3.8) is 0 Å². The van der Waals surface area contributed by atoms with E-state index in [1.807, 2.05) is 54.6 Å². The Morgan fingerprint density at radius 2 is 1.67 bits per heavy atom. The van der Waals surface area contributed by atoms with Gasteiger partial charge in [-0.15, -0.1) is 0 Å². The third kappa shape index (κ3) is 6.58. The Labute approximate surface area is 192 Å². The highest BCUT2D eigenvalue weighted by Gasteiger charge is 2.24. The summed E-state index contributed by atoms with van der Waals surface area (Å²) >= 11 is 0. The number of benzene rings is 2. The van der Waals surface area contributed by atoms with Crippen molar-refractivity contribution in [1.29, 1.82) is 0 Å². The summed E-state index contributed by atoms with van der Waals surface area (Å²) in [5, 5.41) is 12.7. The van der Waals surface area contributed by atoms with E-state index < -0.39 is 23.6 Å². The molecule has 8 heteroatoms. The first kappa shape index (κ1) is 23.8. The highest BCUT2D eigenvalue weighted by atomic mass is 16.6. The number of ether oxygens (including phenoxy) is 2. The summed E-state index contributed by atoms with van der Waals surface area (Å²) < 4.78 is 12.4. The zero-order chi connectivity index (χ0) is 24.0. The molecule has 0 radical (unpaired) electrons. The highest BCUT2D eigenvalue weighted by molar-refractivity contribution is 5.96. The van der Waals surface area contributed by atoms with Crippen LogP contribution in [0.2, 0.25) is 0 Å². The van der Waals surface area contributed by atoms with E-state index in [1.54, 1.807) is 25.3 Å². The molecule has 2 aromatic carbocycles. The molecule has 0 saturated carbocycles. The maximum absolute atomic E-state index is 12.6. The molecular formula is C25H28N2O6. The Morgan fingerprint density at radius 1 is 1.00 bits per heavy atom. The summed E-state index contributed by atoms with van der Waals surface area (Å²) in [6.07, 6.45) is -0.664. The van der Waals surface area contributed by atoms with Gasteiger partial charge in [0.15, 0.2) is 0 Å². The Bertz CT molecular complexity index is 1140. The molecule has 0 atom stereocenters. The van der Waals surface area contributed by atoms with Crippen LogP contribution >= 0.6 is 0 Å². The van der Waals surface area contributed by atoms with Gasteiger partial charge in [-0.3, -0.25) is 14.9 Å². The van der Waals surface area contributed by atoms with Crippen molar-refractivity contribution in [2.24, 2.45) is 0 Å². The third-order valence-corrected chi connectivity index (χ3v) is 4.81. The number of fused-ring (bicyclic) bond motifs is 1. The molecule has 1 amide bonds. The number of para-hydroxylation sites is 1. The fourth-order valence-electron chi connectivity index (χ4n) is 3.53. The van der Waals surface area contributed by atoms with Crippen LogP contribution in [0.5, 0.6) is 0 Å². The van der Waals surface area contributed by atoms with Crippen LogP contribution in [0.3, 0.4) is 0 Å². The number of nitrogens with one attached hydrogen (secondary N) is 1. The van der Waals surface area contributed by atoms with E-state index in [1.165, 1.54) is 0 Å². The number of amides is 1. The van der Waals surface area contributed by atoms with Gasteiger partial charge in [0.2, 0.25) is 0 Å². The van der Waals surface area contributed by atoms with E-state index >= 15 is 0 Å². The Hall–Kier alpha value is -3.81. The number of carbonyl (C=O) groups excluding carboxylic acids is 2. The van der Waals surface area contributed by atoms with Crippen molar-refractivity contribution in [2.75, 3.05) is 5.32 Å². The topological polar surface area (TPSA) is 107 Å². The lowest BCUT2D eigenvalue weighted by Gasteiger charge is -2.20. The van der Waals surface area contributed by atoms with Crippen molar-refractivity contribution in [2.45, 2.75) is 52.4 Å². The fourth-order valence-corrected chi connectivity index (χ4v) is 3.53. The average molecular weight is 453 g/mol. The number of anilines is 1. The summed E-state index contributed by atoms with van der Waals surface area (Å²) in [6, 6.07) is 16.5. The third-order valence-electron chi connectivity index (χ3n) is 4.81. The zero-order valence-corrected chi connectivity index (χ0v) is 19.0. The quantitative estimate of drug-likeness (QED) is 0.478. The van der Waals surface area contributed by atoms with Crippen LogP contribution in [0, 0.1) is 0 Å². The highest BCUT2D eigenvalue weighted by Crippen LogP contribution is 2.32. The largest absolute Gasteiger partial charge is 0.481 e. The summed E-state index contributed by atoms with van der Waals surface area (Å²) in [5.74, 6) is -1.12. The van der Waals surface area contributed by atoms with Crippen LogP contribution in [0.4, 0.5) is 10.6 Å². The maximum Gasteiger partial charge on any atom is 0.413 e. The summed E-state index contributed by atoms with van der Waals surface area (Å²) in [4.78, 5) is 36.5. The molecule has 8 nitrogen and oxygen atoms in total. The molecule has 0 fully saturated rings. The van der Waals surface area contributed by atoms with Gasteiger partial charge >= 0.3 is 18.0 Å². The van der Waals surface area contributed by atoms with Crippen molar-refractivity contribution in [1.82, 2.24) is 4.57 Å². The van der Waals surface area contributed by atoms with Crippen LogP contribution in [-0.4, -0.2) is 33.3 Å². The van der Waals surface area contributed by atoms with Gasteiger partial charge in [0.05, 0.1) is 5.52 Å². The molecule has 174 valence electrons. The first-order chi connectivity index (χ1) is 15.6. The number of aromatic nitrogens is 1. The lowest BCUT2D eigenvalue weighted by Crippen LogP contribution is -2.27. The van der Waals surface area contributed by atoms with E-state index in [9.17, 15) is 19.5 Å². The first-order valence-corrected chi connectivity index (χ1v) is 10.7. The molecule has 3 rings (SSSR count). The van der Waals surface area contributed by atoms with Crippen molar-refractivity contribution >= 4 is 34.8 Å². The minimum Gasteiger partial charge on any atom is -0.481 e. The van der Waals surface area contributed by atoms with Crippen molar-refractivity contribution < 1.29 is 29.0 Å². The van der Waals surface area contributed by atoms with Gasteiger partial charge in [0.1, 0.15) is 24.6 Å². The minimum atomic E-state index is -0.962. The second-order valence-corrected chi connectivity index (χ2v) is 8.60. The molecule has 0 aliphatic heterocycles. The predicted octanol–water partition coefficient (Wildman–Crippen LogP) is 4.75. The first-order valence-electron chi connectivity index (χ1n) is 10.7. The zero-order valence-electron chi connectivity index (χ0n) is 19.0. The molecule has 0 unspecified atom stereocenters. The smallest absolute Gasteiger partial charge is 0.413 e. The normalized spacial score (nSPS) is 11.2. The summed E-state index contributed by atoms with van der Waals surface area (Å²) in [7, 11) is 0. The van der Waals surface area contributed by atoms with E-state index in [4.69, 9.17) is 9.47 Å². The predicted molar refractivity (Wildman–Crippen MR) is 124 cm³/mol. The van der Waals surface area contributed by atoms with Gasteiger partial charge in [-0.05, 0) is 38.8 Å². The number of aliphatic carboxylic acids is 1. The number of carbonyl (C=O) groups is 3. The van der Waals surface area contributed by atoms with Crippen molar-refractivity contribution in [3.8, 4) is 0 Å². The standard InChI is InChI=1S/C25H28N2O6/c1-25(2,3)33-22(30)15-27-20-12-8-7-11-18(20)19(13-14-21(28)29)23(27)26-24(31)32-16-17-9-5-4-6-10-17/h4-12H,13-16H2,1-3H3,(H,26,31)(H,28,29). The summed E-state index contributed by atoms with van der Waals surface area (Å²) in [6.45, 7) is 5.24. The van der Waals surface area contributed by atoms with Crippen LogP contribution in [0.1, 0.15) is 38.3 Å². The number of nitrogens with zero attached hydrogens (tertiary/aromatic N) is 1. The molecular weight excluding hydrogens is 424 g/mol. The molecule has 0 saturated heterocycles. The van der Waals surface area contributed by atoms with Crippen LogP contribution < -0.4 is 5.32 Å². The molecule has 1 aromatic heterocycles. The van der Waals surface area contributed by atoms with E-state index in [0.717, 1.165) is 10.9 Å². The van der Waals surface area contributed by atoms with Crippen LogP contribution in [-0.2, 0) is 38.6 Å². The minimum absolute atomic E-state index is 0.0728. The molecule has 33 heavy (non-hydrogen) atoms.